The van der Waals surface area contributed by atoms with Gasteiger partial charge in [0, 0.05) is 6.92 Å². The predicted octanol–water partition coefficient (Wildman–Crippen LogP) is -0.928. The normalized spacial score (nSPS) is 11.2. The van der Waals surface area contributed by atoms with E-state index < -0.39 is 42.9 Å². The van der Waals surface area contributed by atoms with Gasteiger partial charge in [-0.3, -0.25) is 14.4 Å². The van der Waals surface area contributed by atoms with Crippen LogP contribution in [0.15, 0.2) is 0 Å². The van der Waals surface area contributed by atoms with E-state index in [1.807, 2.05) is 5.32 Å². The third-order valence-electron chi connectivity index (χ3n) is 1.72. The summed E-state index contributed by atoms with van der Waals surface area (Å²) in [6.07, 6.45) is -0.491. The van der Waals surface area contributed by atoms with Crippen molar-refractivity contribution in [1.29, 1.82) is 0 Å². The van der Waals surface area contributed by atoms with Crippen LogP contribution in [0.25, 0.3) is 0 Å². The fourth-order valence-corrected chi connectivity index (χ4v) is 0.990. The van der Waals surface area contributed by atoms with E-state index >= 15 is 0 Å². The number of carbonyl (C=O) groups excluding carboxylic acids is 3. The summed E-state index contributed by atoms with van der Waals surface area (Å²) in [5, 5.41) is 10.8. The molecule has 0 aromatic heterocycles. The summed E-state index contributed by atoms with van der Waals surface area (Å²) >= 11 is 0. The molecular formula is C10H15NO7. The van der Waals surface area contributed by atoms with Crippen LogP contribution in [0.5, 0.6) is 0 Å². The third-order valence-corrected chi connectivity index (χ3v) is 1.72. The average Bonchev–Trinajstić information content (AvgIpc) is 2.25. The molecule has 8 nitrogen and oxygen atoms in total. The Balaban J connectivity index is 4.27. The maximum absolute atomic E-state index is 11.2. The highest BCUT2D eigenvalue weighted by atomic mass is 16.5. The zero-order valence-corrected chi connectivity index (χ0v) is 10.1. The number of nitrogens with one attached hydrogen (secondary N) is 1. The van der Waals surface area contributed by atoms with Gasteiger partial charge in [0.25, 0.3) is 5.91 Å². The van der Waals surface area contributed by atoms with Crippen LogP contribution in [0, 0.1) is 0 Å². The second-order valence-electron chi connectivity index (χ2n) is 3.25. The number of carboxylic acid groups (broad SMARTS) is 1. The molecule has 0 heterocycles. The molecule has 0 spiro atoms. The Morgan fingerprint density at radius 3 is 2.28 bits per heavy atom. The van der Waals surface area contributed by atoms with E-state index in [1.165, 1.54) is 0 Å². The largest absolute Gasteiger partial charge is 0.480 e. The highest BCUT2D eigenvalue weighted by Gasteiger charge is 2.24. The number of ether oxygens (including phenoxy) is 2. The number of carboxylic acids is 1. The monoisotopic (exact) mass is 261 g/mol. The number of aliphatic carboxylic acids is 1. The molecule has 0 aromatic carbocycles. The molecule has 0 fully saturated rings. The van der Waals surface area contributed by atoms with Crippen molar-refractivity contribution in [3.63, 3.8) is 0 Å². The fraction of sp³-hybridized carbons (Fsp3) is 0.600. The van der Waals surface area contributed by atoms with Crippen molar-refractivity contribution in [3.05, 3.63) is 0 Å². The second-order valence-corrected chi connectivity index (χ2v) is 3.25. The van der Waals surface area contributed by atoms with Gasteiger partial charge in [-0.15, -0.1) is 0 Å². The Labute approximate surface area is 103 Å². The molecule has 102 valence electrons. The first-order chi connectivity index (χ1) is 8.36. The number of rotatable bonds is 7. The van der Waals surface area contributed by atoms with E-state index in [4.69, 9.17) is 5.11 Å². The van der Waals surface area contributed by atoms with Crippen LogP contribution >= 0.6 is 0 Å². The van der Waals surface area contributed by atoms with Gasteiger partial charge in [0.15, 0.2) is 6.61 Å². The minimum Gasteiger partial charge on any atom is -0.480 e. The molecule has 2 N–H and O–H groups in total. The summed E-state index contributed by atoms with van der Waals surface area (Å²) in [4.78, 5) is 43.5. The molecule has 0 radical (unpaired) electrons. The Bertz CT molecular complexity index is 339. The lowest BCUT2D eigenvalue weighted by Gasteiger charge is -2.13. The third kappa shape index (κ3) is 7.20. The van der Waals surface area contributed by atoms with Crippen LogP contribution in [-0.4, -0.2) is 48.2 Å². The number of amides is 1. The molecule has 1 amide bonds. The van der Waals surface area contributed by atoms with E-state index in [1.54, 1.807) is 6.92 Å². The SMILES string of the molecule is CCOC(=O)C[C@@H](NC(=O)COC(C)=O)C(=O)O. The van der Waals surface area contributed by atoms with Crippen molar-refractivity contribution in [2.45, 2.75) is 26.3 Å². The number of hydrogen-bond acceptors (Lipinski definition) is 6. The summed E-state index contributed by atoms with van der Waals surface area (Å²) in [6.45, 7) is 2.21. The fourth-order valence-electron chi connectivity index (χ4n) is 0.990. The van der Waals surface area contributed by atoms with Crippen molar-refractivity contribution in [2.75, 3.05) is 13.2 Å². The van der Waals surface area contributed by atoms with E-state index in [-0.39, 0.29) is 6.61 Å². The van der Waals surface area contributed by atoms with Gasteiger partial charge in [0.1, 0.15) is 6.04 Å². The smallest absolute Gasteiger partial charge is 0.326 e. The molecule has 0 unspecified atom stereocenters. The molecule has 0 aromatic rings. The lowest BCUT2D eigenvalue weighted by atomic mass is 10.2. The first kappa shape index (κ1) is 15.9. The number of hydrogen-bond donors (Lipinski definition) is 2. The quantitative estimate of drug-likeness (QED) is 0.568. The highest BCUT2D eigenvalue weighted by molar-refractivity contribution is 5.88. The van der Waals surface area contributed by atoms with Crippen molar-refractivity contribution >= 4 is 23.8 Å². The molecule has 1 atom stereocenters. The Kier molecular flexibility index (Phi) is 7.10. The van der Waals surface area contributed by atoms with Crippen LogP contribution in [0.4, 0.5) is 0 Å². The molecule has 0 saturated heterocycles. The van der Waals surface area contributed by atoms with Crippen molar-refractivity contribution in [3.8, 4) is 0 Å². The molecule has 0 rings (SSSR count). The van der Waals surface area contributed by atoms with Gasteiger partial charge in [0.05, 0.1) is 13.0 Å². The first-order valence-electron chi connectivity index (χ1n) is 5.18. The Morgan fingerprint density at radius 1 is 1.22 bits per heavy atom. The van der Waals surface area contributed by atoms with E-state index in [9.17, 15) is 19.2 Å². The van der Waals surface area contributed by atoms with E-state index in [0.717, 1.165) is 6.92 Å². The van der Waals surface area contributed by atoms with Crippen LogP contribution in [-0.2, 0) is 28.7 Å². The number of esters is 2. The summed E-state index contributed by atoms with van der Waals surface area (Å²) in [5.74, 6) is -3.58. The van der Waals surface area contributed by atoms with E-state index in [0.29, 0.717) is 0 Å². The summed E-state index contributed by atoms with van der Waals surface area (Å²) < 4.78 is 8.94. The van der Waals surface area contributed by atoms with Gasteiger partial charge < -0.3 is 19.9 Å². The van der Waals surface area contributed by atoms with Crippen molar-refractivity contribution in [1.82, 2.24) is 5.32 Å². The topological polar surface area (TPSA) is 119 Å². The standard InChI is InChI=1S/C10H15NO7/c1-3-17-9(14)4-7(10(15)16)11-8(13)5-18-6(2)12/h7H,3-5H2,1-2H3,(H,11,13)(H,15,16)/t7-/m1/s1. The van der Waals surface area contributed by atoms with Crippen molar-refractivity contribution < 1.29 is 33.8 Å². The van der Waals surface area contributed by atoms with Crippen LogP contribution in [0.1, 0.15) is 20.3 Å². The maximum Gasteiger partial charge on any atom is 0.326 e. The zero-order chi connectivity index (χ0) is 14.1. The van der Waals surface area contributed by atoms with Crippen molar-refractivity contribution in [2.24, 2.45) is 0 Å². The van der Waals surface area contributed by atoms with Crippen LogP contribution < -0.4 is 5.32 Å². The first-order valence-corrected chi connectivity index (χ1v) is 5.18. The zero-order valence-electron chi connectivity index (χ0n) is 10.1. The van der Waals surface area contributed by atoms with Gasteiger partial charge >= 0.3 is 17.9 Å². The summed E-state index contributed by atoms with van der Waals surface area (Å²) in [6, 6.07) is -1.41. The molecule has 0 aliphatic rings. The molecule has 0 aliphatic carbocycles. The predicted molar refractivity (Wildman–Crippen MR) is 57.4 cm³/mol. The second kappa shape index (κ2) is 8.04. The molecule has 0 saturated carbocycles. The van der Waals surface area contributed by atoms with Gasteiger partial charge in [0.2, 0.25) is 0 Å². The van der Waals surface area contributed by atoms with E-state index in [2.05, 4.69) is 9.47 Å². The number of carbonyl (C=O) groups is 4. The van der Waals surface area contributed by atoms with Crippen LogP contribution in [0.2, 0.25) is 0 Å². The Hall–Kier alpha value is -2.12. The minimum absolute atomic E-state index is 0.118. The van der Waals surface area contributed by atoms with Gasteiger partial charge in [-0.25, -0.2) is 4.79 Å². The average molecular weight is 261 g/mol. The lowest BCUT2D eigenvalue weighted by molar-refractivity contribution is -0.152. The molecule has 0 bridgehead atoms. The summed E-state index contributed by atoms with van der Waals surface area (Å²) in [5.41, 5.74) is 0. The molecule has 18 heavy (non-hydrogen) atoms. The highest BCUT2D eigenvalue weighted by Crippen LogP contribution is 1.96. The molecular weight excluding hydrogens is 246 g/mol. The van der Waals surface area contributed by atoms with Gasteiger partial charge in [-0.05, 0) is 6.92 Å². The minimum atomic E-state index is -1.41. The lowest BCUT2D eigenvalue weighted by Crippen LogP contribution is -2.44. The summed E-state index contributed by atoms with van der Waals surface area (Å²) in [7, 11) is 0. The van der Waals surface area contributed by atoms with Gasteiger partial charge in [-0.2, -0.15) is 0 Å². The molecule has 8 heteroatoms. The van der Waals surface area contributed by atoms with Gasteiger partial charge in [-0.1, -0.05) is 0 Å². The maximum atomic E-state index is 11.2. The molecule has 0 aliphatic heterocycles. The van der Waals surface area contributed by atoms with Crippen LogP contribution in [0.3, 0.4) is 0 Å². The Morgan fingerprint density at radius 2 is 1.83 bits per heavy atom.